The molecule has 0 spiro atoms. The average Bonchev–Trinajstić information content (AvgIpc) is 2.72. The lowest BCUT2D eigenvalue weighted by molar-refractivity contribution is -0.284. The van der Waals surface area contributed by atoms with Crippen molar-refractivity contribution in [2.45, 2.75) is 17.4 Å². The average molecular weight is 382 g/mol. The van der Waals surface area contributed by atoms with Crippen LogP contribution in [0, 0.1) is 34.3 Å². The van der Waals surface area contributed by atoms with Crippen molar-refractivity contribution in [3.63, 3.8) is 0 Å². The van der Waals surface area contributed by atoms with E-state index in [1.807, 2.05) is 0 Å². The van der Waals surface area contributed by atoms with Crippen molar-refractivity contribution in [3.8, 4) is 23.6 Å². The number of rotatable bonds is 2. The molecule has 5 nitrogen and oxygen atoms in total. The topological polar surface area (TPSA) is 97.3 Å². The van der Waals surface area contributed by atoms with Crippen LogP contribution in [-0.2, 0) is 11.7 Å². The second kappa shape index (κ2) is 5.64. The number of benzene rings is 2. The number of hydrogen-bond donors (Lipinski definition) is 2. The molecule has 0 aliphatic heterocycles. The van der Waals surface area contributed by atoms with Gasteiger partial charge in [-0.25, -0.2) is 13.2 Å². The van der Waals surface area contributed by atoms with Gasteiger partial charge in [0.1, 0.15) is 17.6 Å². The zero-order valence-corrected chi connectivity index (χ0v) is 13.0. The van der Waals surface area contributed by atoms with E-state index in [1.165, 1.54) is 0 Å². The van der Waals surface area contributed by atoms with Crippen LogP contribution in [0.5, 0.6) is 11.5 Å². The van der Waals surface area contributed by atoms with Crippen molar-refractivity contribution in [1.29, 1.82) is 10.5 Å². The Balaban J connectivity index is 2.16. The molecule has 0 saturated heterocycles. The van der Waals surface area contributed by atoms with Crippen LogP contribution in [0.1, 0.15) is 16.7 Å². The van der Waals surface area contributed by atoms with Crippen LogP contribution in [0.3, 0.4) is 0 Å². The van der Waals surface area contributed by atoms with Gasteiger partial charge in [0.05, 0.1) is 17.2 Å². The first-order chi connectivity index (χ1) is 12.5. The molecule has 2 aromatic rings. The molecule has 3 rings (SSSR count). The van der Waals surface area contributed by atoms with Gasteiger partial charge < -0.3 is 14.9 Å². The first kappa shape index (κ1) is 18.6. The minimum absolute atomic E-state index is 0.191. The maximum atomic E-state index is 14.6. The van der Waals surface area contributed by atoms with E-state index in [-0.39, 0.29) is 5.56 Å². The molecule has 0 aromatic heterocycles. The highest BCUT2D eigenvalue weighted by atomic mass is 19.3. The lowest BCUT2D eigenvalue weighted by Gasteiger charge is -2.28. The molecule has 1 aliphatic carbocycles. The Morgan fingerprint density at radius 1 is 1.00 bits per heavy atom. The van der Waals surface area contributed by atoms with Crippen molar-refractivity contribution in [3.05, 3.63) is 58.7 Å². The van der Waals surface area contributed by atoms with E-state index in [0.717, 1.165) is 18.2 Å². The molecule has 2 N–H and O–H groups in total. The predicted molar refractivity (Wildman–Crippen MR) is 77.1 cm³/mol. The summed E-state index contributed by atoms with van der Waals surface area (Å²) < 4.78 is 75.7. The summed E-state index contributed by atoms with van der Waals surface area (Å²) >= 11 is 0. The third kappa shape index (κ3) is 2.35. The van der Waals surface area contributed by atoms with Gasteiger partial charge in [0.2, 0.25) is 5.79 Å². The fourth-order valence-corrected chi connectivity index (χ4v) is 2.78. The van der Waals surface area contributed by atoms with E-state index in [2.05, 4.69) is 0 Å². The Bertz CT molecular complexity index is 1040. The van der Waals surface area contributed by atoms with Crippen LogP contribution in [-0.4, -0.2) is 15.9 Å². The highest BCUT2D eigenvalue weighted by Crippen LogP contribution is 2.59. The molecule has 1 aliphatic rings. The quantitative estimate of drug-likeness (QED) is 0.615. The molecule has 2 aromatic carbocycles. The Labute approximate surface area is 148 Å². The summed E-state index contributed by atoms with van der Waals surface area (Å²) in [6.07, 6.45) is 0. The lowest BCUT2D eigenvalue weighted by Crippen LogP contribution is -2.51. The zero-order valence-electron chi connectivity index (χ0n) is 13.0. The van der Waals surface area contributed by atoms with Crippen LogP contribution in [0.25, 0.3) is 0 Å². The van der Waals surface area contributed by atoms with Crippen LogP contribution in [0.4, 0.5) is 22.0 Å². The minimum Gasteiger partial charge on any atom is -0.454 e. The molecule has 27 heavy (non-hydrogen) atoms. The van der Waals surface area contributed by atoms with Crippen molar-refractivity contribution < 1.29 is 36.9 Å². The predicted octanol–water partition coefficient (Wildman–Crippen LogP) is 3.10. The third-order valence-electron chi connectivity index (χ3n) is 4.09. The van der Waals surface area contributed by atoms with E-state index in [9.17, 15) is 32.2 Å². The summed E-state index contributed by atoms with van der Waals surface area (Å²) in [5.41, 5.74) is -7.76. The molecular weight excluding hydrogens is 375 g/mol. The highest BCUT2D eigenvalue weighted by molar-refractivity contribution is 5.53. The second-order valence-corrected chi connectivity index (χ2v) is 5.71. The number of aliphatic hydroxyl groups is 2. The molecule has 0 radical (unpaired) electrons. The number of alkyl halides is 3. The molecule has 0 bridgehead atoms. The Kier molecular flexibility index (Phi) is 3.88. The molecule has 0 amide bonds. The maximum Gasteiger partial charge on any atom is 0.326 e. The minimum atomic E-state index is -4.73. The van der Waals surface area contributed by atoms with E-state index in [4.69, 9.17) is 15.3 Å². The lowest BCUT2D eigenvalue weighted by atomic mass is 9.95. The van der Waals surface area contributed by atoms with Gasteiger partial charge in [0.25, 0.3) is 0 Å². The number of ether oxygens (including phenoxy) is 1. The normalized spacial score (nSPS) is 21.8. The molecular formula is C17H7F5N2O3. The molecule has 10 heteroatoms. The maximum absolute atomic E-state index is 14.6. The Morgan fingerprint density at radius 3 is 2.26 bits per heavy atom. The summed E-state index contributed by atoms with van der Waals surface area (Å²) in [4.78, 5) is 0. The molecule has 1 atom stereocenters. The fraction of sp³-hybridized carbons (Fsp3) is 0.176. The van der Waals surface area contributed by atoms with Crippen molar-refractivity contribution in [1.82, 2.24) is 0 Å². The molecule has 1 unspecified atom stereocenters. The third-order valence-corrected chi connectivity index (χ3v) is 4.09. The van der Waals surface area contributed by atoms with E-state index in [0.29, 0.717) is 18.2 Å². The standard InChI is InChI=1S/C17H7F5N2O3/c18-9-3-8(6-23)4-10(5-9)27-12-2-1-11-13(14(12)19)17(25,26)15(20,7-24)16(11,21)22/h1-5,25-26H. The summed E-state index contributed by atoms with van der Waals surface area (Å²) in [6, 6.07) is 5.78. The number of hydrogen-bond acceptors (Lipinski definition) is 5. The Hall–Kier alpha value is -3.21. The van der Waals surface area contributed by atoms with E-state index in [1.54, 1.807) is 6.07 Å². The van der Waals surface area contributed by atoms with Crippen molar-refractivity contribution in [2.24, 2.45) is 0 Å². The monoisotopic (exact) mass is 382 g/mol. The first-order valence-electron chi connectivity index (χ1n) is 7.14. The van der Waals surface area contributed by atoms with Crippen LogP contribution < -0.4 is 4.74 Å². The van der Waals surface area contributed by atoms with Crippen molar-refractivity contribution in [2.75, 3.05) is 0 Å². The second-order valence-electron chi connectivity index (χ2n) is 5.71. The zero-order chi connectivity index (χ0) is 20.2. The van der Waals surface area contributed by atoms with Gasteiger partial charge >= 0.3 is 11.6 Å². The number of fused-ring (bicyclic) bond motifs is 1. The van der Waals surface area contributed by atoms with Gasteiger partial charge in [0, 0.05) is 11.6 Å². The Morgan fingerprint density at radius 2 is 1.67 bits per heavy atom. The van der Waals surface area contributed by atoms with Gasteiger partial charge in [-0.05, 0) is 24.3 Å². The van der Waals surface area contributed by atoms with Crippen LogP contribution in [0.15, 0.2) is 30.3 Å². The van der Waals surface area contributed by atoms with Gasteiger partial charge in [-0.1, -0.05) is 0 Å². The number of halogens is 5. The highest BCUT2D eigenvalue weighted by Gasteiger charge is 2.77. The van der Waals surface area contributed by atoms with Gasteiger partial charge in [-0.3, -0.25) is 0 Å². The number of nitriles is 2. The molecule has 0 fully saturated rings. The summed E-state index contributed by atoms with van der Waals surface area (Å²) in [7, 11) is 0. The van der Waals surface area contributed by atoms with Crippen LogP contribution in [0.2, 0.25) is 0 Å². The smallest absolute Gasteiger partial charge is 0.326 e. The summed E-state index contributed by atoms with van der Waals surface area (Å²) in [6.45, 7) is 0. The van der Waals surface area contributed by atoms with Crippen molar-refractivity contribution >= 4 is 0 Å². The van der Waals surface area contributed by atoms with E-state index < -0.39 is 51.6 Å². The fourth-order valence-electron chi connectivity index (χ4n) is 2.78. The SMILES string of the molecule is N#Cc1cc(F)cc(Oc2ccc3c(c2F)C(O)(O)C(F)(C#N)C3(F)F)c1. The first-order valence-corrected chi connectivity index (χ1v) is 7.14. The number of nitrogens with zero attached hydrogens (tertiary/aromatic N) is 2. The van der Waals surface area contributed by atoms with Crippen LogP contribution >= 0.6 is 0 Å². The van der Waals surface area contributed by atoms with Gasteiger partial charge in [-0.2, -0.15) is 19.3 Å². The van der Waals surface area contributed by atoms with Gasteiger partial charge in [-0.15, -0.1) is 0 Å². The van der Waals surface area contributed by atoms with Gasteiger partial charge in [0.15, 0.2) is 11.6 Å². The largest absolute Gasteiger partial charge is 0.454 e. The molecule has 0 saturated carbocycles. The summed E-state index contributed by atoms with van der Waals surface area (Å²) in [5.74, 6) is -12.9. The summed E-state index contributed by atoms with van der Waals surface area (Å²) in [5, 5.41) is 37.0. The molecule has 138 valence electrons. The molecule has 0 heterocycles. The van der Waals surface area contributed by atoms with E-state index >= 15 is 0 Å².